The normalized spacial score (nSPS) is 21.5. The largest absolute Gasteiger partial charge is 0.384 e. The van der Waals surface area contributed by atoms with Gasteiger partial charge in [-0.15, -0.1) is 0 Å². The van der Waals surface area contributed by atoms with Gasteiger partial charge < -0.3 is 19.7 Å². The Kier molecular flexibility index (Phi) is 5.89. The first-order valence-electron chi connectivity index (χ1n) is 7.03. The van der Waals surface area contributed by atoms with Gasteiger partial charge in [-0.25, -0.2) is 9.97 Å². The summed E-state index contributed by atoms with van der Waals surface area (Å²) in [5.74, 6) is 0.713. The molecule has 1 amide bonds. The topological polar surface area (TPSA) is 76.6 Å². The lowest BCUT2D eigenvalue weighted by Crippen LogP contribution is -2.37. The molecule has 0 radical (unpaired) electrons. The van der Waals surface area contributed by atoms with Gasteiger partial charge in [0.2, 0.25) is 11.9 Å². The Morgan fingerprint density at radius 1 is 1.33 bits per heavy atom. The molecule has 1 aliphatic heterocycles. The molecule has 2 atom stereocenters. The number of nitrogens with zero attached hydrogens (tertiary/aromatic N) is 3. The van der Waals surface area contributed by atoms with E-state index in [2.05, 4.69) is 15.3 Å². The van der Waals surface area contributed by atoms with Gasteiger partial charge in [0.25, 0.3) is 0 Å². The molecular weight excluding hydrogens is 272 g/mol. The minimum atomic E-state index is -0.120. The summed E-state index contributed by atoms with van der Waals surface area (Å²) >= 11 is 0. The lowest BCUT2D eigenvalue weighted by atomic mass is 9.96. The number of ether oxygens (including phenoxy) is 2. The monoisotopic (exact) mass is 294 g/mol. The van der Waals surface area contributed by atoms with Crippen molar-refractivity contribution in [3.8, 4) is 0 Å². The lowest BCUT2D eigenvalue weighted by molar-refractivity contribution is -0.126. The van der Waals surface area contributed by atoms with Crippen molar-refractivity contribution >= 4 is 11.9 Å². The Labute approximate surface area is 124 Å². The predicted octanol–water partition coefficient (Wildman–Crippen LogP) is -0.0620. The second kappa shape index (κ2) is 7.90. The molecule has 0 unspecified atom stereocenters. The Bertz CT molecular complexity index is 443. The Hall–Kier alpha value is -1.73. The number of amides is 1. The molecule has 1 N–H and O–H groups in total. The molecule has 1 aromatic rings. The standard InChI is InChI=1S/C14H22N4O3/c1-20-7-6-15-13(19)12-9-18(8-11(12)10-21-2)14-16-4-3-5-17-14/h3-5,11-12H,6-10H2,1-2H3,(H,15,19)/t11-,12+/m0/s1. The molecule has 2 heterocycles. The molecule has 7 nitrogen and oxygen atoms in total. The molecule has 0 saturated carbocycles. The summed E-state index contributed by atoms with van der Waals surface area (Å²) in [6.07, 6.45) is 3.42. The molecule has 116 valence electrons. The SMILES string of the molecule is COCCNC(=O)[C@@H]1CN(c2ncccn2)C[C@H]1COC. The van der Waals surface area contributed by atoms with Crippen molar-refractivity contribution in [3.63, 3.8) is 0 Å². The summed E-state index contributed by atoms with van der Waals surface area (Å²) in [4.78, 5) is 22.8. The van der Waals surface area contributed by atoms with Crippen molar-refractivity contribution < 1.29 is 14.3 Å². The molecule has 1 fully saturated rings. The highest BCUT2D eigenvalue weighted by Gasteiger charge is 2.38. The highest BCUT2D eigenvalue weighted by Crippen LogP contribution is 2.26. The summed E-state index contributed by atoms with van der Waals surface area (Å²) in [6.45, 7) is 2.91. The molecule has 21 heavy (non-hydrogen) atoms. The number of rotatable bonds is 7. The first-order valence-corrected chi connectivity index (χ1v) is 7.03. The van der Waals surface area contributed by atoms with E-state index in [1.54, 1.807) is 32.7 Å². The van der Waals surface area contributed by atoms with Gasteiger partial charge in [0, 0.05) is 52.2 Å². The number of anilines is 1. The van der Waals surface area contributed by atoms with E-state index < -0.39 is 0 Å². The third-order valence-electron chi connectivity index (χ3n) is 3.60. The van der Waals surface area contributed by atoms with Gasteiger partial charge in [-0.05, 0) is 6.07 Å². The number of carbonyl (C=O) groups excluding carboxylic acids is 1. The van der Waals surface area contributed by atoms with E-state index in [4.69, 9.17) is 9.47 Å². The maximum absolute atomic E-state index is 12.3. The molecule has 2 rings (SSSR count). The fourth-order valence-corrected chi connectivity index (χ4v) is 2.58. The van der Waals surface area contributed by atoms with Crippen LogP contribution in [0, 0.1) is 11.8 Å². The van der Waals surface area contributed by atoms with Crippen LogP contribution in [0.3, 0.4) is 0 Å². The van der Waals surface area contributed by atoms with Crippen LogP contribution in [-0.2, 0) is 14.3 Å². The first-order chi connectivity index (χ1) is 10.3. The number of hydrogen-bond donors (Lipinski definition) is 1. The number of nitrogens with one attached hydrogen (secondary N) is 1. The van der Waals surface area contributed by atoms with E-state index in [0.29, 0.717) is 32.3 Å². The molecule has 7 heteroatoms. The smallest absolute Gasteiger partial charge is 0.225 e. The van der Waals surface area contributed by atoms with Crippen LogP contribution >= 0.6 is 0 Å². The van der Waals surface area contributed by atoms with Gasteiger partial charge in [0.05, 0.1) is 19.1 Å². The maximum Gasteiger partial charge on any atom is 0.225 e. The van der Waals surface area contributed by atoms with Crippen LogP contribution in [0.4, 0.5) is 5.95 Å². The molecule has 1 saturated heterocycles. The number of aromatic nitrogens is 2. The van der Waals surface area contributed by atoms with Crippen molar-refractivity contribution in [1.29, 1.82) is 0 Å². The predicted molar refractivity (Wildman–Crippen MR) is 78.0 cm³/mol. The average Bonchev–Trinajstić information content (AvgIpc) is 2.93. The third-order valence-corrected chi connectivity index (χ3v) is 3.60. The van der Waals surface area contributed by atoms with E-state index >= 15 is 0 Å². The van der Waals surface area contributed by atoms with Crippen LogP contribution < -0.4 is 10.2 Å². The van der Waals surface area contributed by atoms with Gasteiger partial charge in [-0.1, -0.05) is 0 Å². The zero-order valence-electron chi connectivity index (χ0n) is 12.5. The van der Waals surface area contributed by atoms with Crippen LogP contribution in [0.1, 0.15) is 0 Å². The first kappa shape index (κ1) is 15.7. The second-order valence-electron chi connectivity index (χ2n) is 5.06. The fourth-order valence-electron chi connectivity index (χ4n) is 2.58. The van der Waals surface area contributed by atoms with Crippen LogP contribution in [0.15, 0.2) is 18.5 Å². The lowest BCUT2D eigenvalue weighted by Gasteiger charge is -2.16. The summed E-state index contributed by atoms with van der Waals surface area (Å²) in [7, 11) is 3.27. The highest BCUT2D eigenvalue weighted by atomic mass is 16.5. The minimum absolute atomic E-state index is 0.0348. The number of carbonyl (C=O) groups is 1. The van der Waals surface area contributed by atoms with E-state index in [0.717, 1.165) is 6.54 Å². The minimum Gasteiger partial charge on any atom is -0.384 e. The zero-order chi connectivity index (χ0) is 15.1. The zero-order valence-corrected chi connectivity index (χ0v) is 12.5. The Balaban J connectivity index is 2.00. The molecule has 1 aliphatic rings. The van der Waals surface area contributed by atoms with Gasteiger partial charge in [-0.3, -0.25) is 4.79 Å². The van der Waals surface area contributed by atoms with Crippen molar-refractivity contribution in [2.45, 2.75) is 0 Å². The van der Waals surface area contributed by atoms with E-state index in [1.807, 2.05) is 4.90 Å². The van der Waals surface area contributed by atoms with Crippen molar-refractivity contribution in [2.75, 3.05) is 52.0 Å². The van der Waals surface area contributed by atoms with Gasteiger partial charge in [0.15, 0.2) is 0 Å². The molecule has 0 bridgehead atoms. The van der Waals surface area contributed by atoms with Crippen LogP contribution in [0.5, 0.6) is 0 Å². The van der Waals surface area contributed by atoms with Crippen molar-refractivity contribution in [1.82, 2.24) is 15.3 Å². The fraction of sp³-hybridized carbons (Fsp3) is 0.643. The second-order valence-corrected chi connectivity index (χ2v) is 5.06. The van der Waals surface area contributed by atoms with E-state index in [-0.39, 0.29) is 17.7 Å². The quantitative estimate of drug-likeness (QED) is 0.710. The van der Waals surface area contributed by atoms with E-state index in [9.17, 15) is 4.79 Å². The summed E-state index contributed by atoms with van der Waals surface area (Å²) in [5.41, 5.74) is 0. The Morgan fingerprint density at radius 2 is 2.10 bits per heavy atom. The number of hydrogen-bond acceptors (Lipinski definition) is 6. The molecule has 0 aromatic carbocycles. The maximum atomic E-state index is 12.3. The molecular formula is C14H22N4O3. The van der Waals surface area contributed by atoms with Crippen molar-refractivity contribution in [2.24, 2.45) is 11.8 Å². The highest BCUT2D eigenvalue weighted by molar-refractivity contribution is 5.80. The van der Waals surface area contributed by atoms with Crippen LogP contribution in [0.25, 0.3) is 0 Å². The van der Waals surface area contributed by atoms with E-state index in [1.165, 1.54) is 0 Å². The van der Waals surface area contributed by atoms with Crippen molar-refractivity contribution in [3.05, 3.63) is 18.5 Å². The van der Waals surface area contributed by atoms with Gasteiger partial charge in [-0.2, -0.15) is 0 Å². The number of methoxy groups -OCH3 is 2. The Morgan fingerprint density at radius 3 is 2.76 bits per heavy atom. The third kappa shape index (κ3) is 4.12. The van der Waals surface area contributed by atoms with Crippen LogP contribution in [-0.4, -0.2) is 62.9 Å². The summed E-state index contributed by atoms with van der Waals surface area (Å²) in [6, 6.07) is 1.78. The molecule has 1 aromatic heterocycles. The van der Waals surface area contributed by atoms with Crippen LogP contribution in [0.2, 0.25) is 0 Å². The van der Waals surface area contributed by atoms with Gasteiger partial charge in [0.1, 0.15) is 0 Å². The molecule has 0 aliphatic carbocycles. The molecule has 0 spiro atoms. The van der Waals surface area contributed by atoms with Gasteiger partial charge >= 0.3 is 0 Å². The average molecular weight is 294 g/mol. The summed E-state index contributed by atoms with van der Waals surface area (Å²) < 4.78 is 10.2. The summed E-state index contributed by atoms with van der Waals surface area (Å²) in [5, 5.41) is 2.90.